The van der Waals surface area contributed by atoms with Gasteiger partial charge in [0.2, 0.25) is 0 Å². The van der Waals surface area contributed by atoms with Crippen molar-refractivity contribution >= 4 is 5.97 Å². The van der Waals surface area contributed by atoms with Gasteiger partial charge in [0.05, 0.1) is 12.1 Å². The van der Waals surface area contributed by atoms with Gasteiger partial charge < -0.3 is 5.11 Å². The molecule has 1 heterocycles. The molecule has 0 bridgehead atoms. The molecule has 0 fully saturated rings. The summed E-state index contributed by atoms with van der Waals surface area (Å²) in [7, 11) is 0. The van der Waals surface area contributed by atoms with E-state index < -0.39 is 11.8 Å². The van der Waals surface area contributed by atoms with Gasteiger partial charge in [-0.3, -0.25) is 4.68 Å². The van der Waals surface area contributed by atoms with Gasteiger partial charge in [-0.1, -0.05) is 6.07 Å². The van der Waals surface area contributed by atoms with E-state index in [0.29, 0.717) is 12.1 Å². The molecule has 2 rings (SSSR count). The molecule has 0 atom stereocenters. The molecule has 16 heavy (non-hydrogen) atoms. The highest BCUT2D eigenvalue weighted by Crippen LogP contribution is 2.11. The Morgan fingerprint density at radius 1 is 1.50 bits per heavy atom. The quantitative estimate of drug-likeness (QED) is 0.857. The second-order valence-electron chi connectivity index (χ2n) is 3.31. The van der Waals surface area contributed by atoms with Crippen LogP contribution in [0.1, 0.15) is 15.9 Å². The standard InChI is InChI=1S/C11H9FN2O2/c12-10-6-8(11(15)16)2-3-9(10)7-14-5-1-4-13-14/h1-6H,7H2,(H,15,16). The molecule has 82 valence electrons. The van der Waals surface area contributed by atoms with Crippen molar-refractivity contribution < 1.29 is 14.3 Å². The lowest BCUT2D eigenvalue weighted by molar-refractivity contribution is 0.0696. The zero-order valence-electron chi connectivity index (χ0n) is 8.30. The van der Waals surface area contributed by atoms with E-state index in [0.717, 1.165) is 6.07 Å². The first-order valence-corrected chi connectivity index (χ1v) is 4.66. The number of hydrogen-bond donors (Lipinski definition) is 1. The largest absolute Gasteiger partial charge is 0.478 e. The van der Waals surface area contributed by atoms with Crippen LogP contribution in [0.4, 0.5) is 4.39 Å². The summed E-state index contributed by atoms with van der Waals surface area (Å²) in [6.07, 6.45) is 3.31. The SMILES string of the molecule is O=C(O)c1ccc(Cn2cccn2)c(F)c1. The van der Waals surface area contributed by atoms with E-state index in [1.807, 2.05) is 0 Å². The van der Waals surface area contributed by atoms with Crippen LogP contribution in [0.3, 0.4) is 0 Å². The third-order valence-electron chi connectivity index (χ3n) is 2.19. The third kappa shape index (κ3) is 2.08. The summed E-state index contributed by atoms with van der Waals surface area (Å²) < 4.78 is 15.1. The number of aromatic nitrogens is 2. The summed E-state index contributed by atoms with van der Waals surface area (Å²) in [5, 5.41) is 12.6. The Kier molecular flexibility index (Phi) is 2.68. The van der Waals surface area contributed by atoms with Gasteiger partial charge >= 0.3 is 5.97 Å². The molecule has 1 aromatic carbocycles. The van der Waals surface area contributed by atoms with Crippen LogP contribution in [0.5, 0.6) is 0 Å². The van der Waals surface area contributed by atoms with Crippen LogP contribution in [0.15, 0.2) is 36.7 Å². The average molecular weight is 220 g/mol. The van der Waals surface area contributed by atoms with Gasteiger partial charge in [-0.25, -0.2) is 9.18 Å². The predicted octanol–water partition coefficient (Wildman–Crippen LogP) is 1.77. The maximum atomic E-state index is 13.5. The van der Waals surface area contributed by atoms with Crippen molar-refractivity contribution in [2.75, 3.05) is 0 Å². The summed E-state index contributed by atoms with van der Waals surface area (Å²) in [6, 6.07) is 5.59. The van der Waals surface area contributed by atoms with Crippen molar-refractivity contribution in [2.24, 2.45) is 0 Å². The minimum absolute atomic E-state index is 0.0540. The Labute approximate surface area is 90.9 Å². The second kappa shape index (κ2) is 4.14. The van der Waals surface area contributed by atoms with Crippen LogP contribution in [-0.4, -0.2) is 20.9 Å². The zero-order chi connectivity index (χ0) is 11.5. The first-order chi connectivity index (χ1) is 7.66. The fourth-order valence-electron chi connectivity index (χ4n) is 1.38. The normalized spacial score (nSPS) is 10.3. The van der Waals surface area contributed by atoms with Gasteiger partial charge in [0.1, 0.15) is 5.82 Å². The Morgan fingerprint density at radius 3 is 2.88 bits per heavy atom. The minimum Gasteiger partial charge on any atom is -0.478 e. The highest BCUT2D eigenvalue weighted by atomic mass is 19.1. The van der Waals surface area contributed by atoms with Crippen LogP contribution >= 0.6 is 0 Å². The molecule has 1 N–H and O–H groups in total. The Balaban J connectivity index is 2.26. The number of carboxylic acids is 1. The lowest BCUT2D eigenvalue weighted by Crippen LogP contribution is -2.04. The number of benzene rings is 1. The fourth-order valence-corrected chi connectivity index (χ4v) is 1.38. The highest BCUT2D eigenvalue weighted by Gasteiger charge is 2.08. The van der Waals surface area contributed by atoms with Gasteiger partial charge in [0.25, 0.3) is 0 Å². The molecule has 4 nitrogen and oxygen atoms in total. The van der Waals surface area contributed by atoms with Crippen LogP contribution < -0.4 is 0 Å². The maximum absolute atomic E-state index is 13.5. The molecular formula is C11H9FN2O2. The summed E-state index contributed by atoms with van der Waals surface area (Å²) >= 11 is 0. The van der Waals surface area contributed by atoms with Gasteiger partial charge in [0, 0.05) is 18.0 Å². The Morgan fingerprint density at radius 2 is 2.31 bits per heavy atom. The number of halogens is 1. The molecule has 0 spiro atoms. The molecule has 5 heteroatoms. The monoisotopic (exact) mass is 220 g/mol. The lowest BCUT2D eigenvalue weighted by atomic mass is 10.1. The maximum Gasteiger partial charge on any atom is 0.335 e. The average Bonchev–Trinajstić information content (AvgIpc) is 2.73. The van der Waals surface area contributed by atoms with Crippen molar-refractivity contribution in [3.05, 3.63) is 53.6 Å². The minimum atomic E-state index is -1.13. The summed E-state index contributed by atoms with van der Waals surface area (Å²) in [5.41, 5.74) is 0.357. The first kappa shape index (κ1) is 10.4. The molecule has 0 aliphatic rings. The lowest BCUT2D eigenvalue weighted by Gasteiger charge is -2.04. The summed E-state index contributed by atoms with van der Waals surface area (Å²) in [6.45, 7) is 0.290. The van der Waals surface area contributed by atoms with E-state index in [1.165, 1.54) is 12.1 Å². The predicted molar refractivity (Wildman–Crippen MR) is 54.7 cm³/mol. The van der Waals surface area contributed by atoms with E-state index in [4.69, 9.17) is 5.11 Å². The van der Waals surface area contributed by atoms with E-state index in [2.05, 4.69) is 5.10 Å². The molecule has 2 aromatic rings. The van der Waals surface area contributed by atoms with E-state index in [1.54, 1.807) is 23.1 Å². The summed E-state index contributed by atoms with van der Waals surface area (Å²) in [5.74, 6) is -1.67. The van der Waals surface area contributed by atoms with Crippen LogP contribution in [0.2, 0.25) is 0 Å². The molecule has 0 saturated heterocycles. The number of hydrogen-bond acceptors (Lipinski definition) is 2. The number of carboxylic acid groups (broad SMARTS) is 1. The van der Waals surface area contributed by atoms with Crippen molar-refractivity contribution in [2.45, 2.75) is 6.54 Å². The molecule has 0 saturated carbocycles. The molecule has 0 aliphatic heterocycles. The molecule has 0 amide bonds. The number of aromatic carboxylic acids is 1. The van der Waals surface area contributed by atoms with Crippen molar-refractivity contribution in [1.82, 2.24) is 9.78 Å². The smallest absolute Gasteiger partial charge is 0.335 e. The van der Waals surface area contributed by atoms with Crippen molar-refractivity contribution in [1.29, 1.82) is 0 Å². The summed E-state index contributed by atoms with van der Waals surface area (Å²) in [4.78, 5) is 10.6. The number of rotatable bonds is 3. The van der Waals surface area contributed by atoms with Crippen molar-refractivity contribution in [3.8, 4) is 0 Å². The topological polar surface area (TPSA) is 55.1 Å². The molecular weight excluding hydrogens is 211 g/mol. The highest BCUT2D eigenvalue weighted by molar-refractivity contribution is 5.87. The van der Waals surface area contributed by atoms with Crippen LogP contribution in [-0.2, 0) is 6.54 Å². The van der Waals surface area contributed by atoms with E-state index >= 15 is 0 Å². The zero-order valence-corrected chi connectivity index (χ0v) is 8.30. The number of carbonyl (C=O) groups is 1. The Hall–Kier alpha value is -2.17. The van der Waals surface area contributed by atoms with E-state index in [-0.39, 0.29) is 5.56 Å². The van der Waals surface area contributed by atoms with Crippen molar-refractivity contribution in [3.63, 3.8) is 0 Å². The van der Waals surface area contributed by atoms with Gasteiger partial charge in [-0.05, 0) is 18.2 Å². The number of nitrogens with zero attached hydrogens (tertiary/aromatic N) is 2. The van der Waals surface area contributed by atoms with Crippen LogP contribution in [0.25, 0.3) is 0 Å². The first-order valence-electron chi connectivity index (χ1n) is 4.66. The third-order valence-corrected chi connectivity index (χ3v) is 2.19. The second-order valence-corrected chi connectivity index (χ2v) is 3.31. The fraction of sp³-hybridized carbons (Fsp3) is 0.0909. The van der Waals surface area contributed by atoms with Crippen LogP contribution in [0, 0.1) is 5.82 Å². The van der Waals surface area contributed by atoms with Gasteiger partial charge in [-0.15, -0.1) is 0 Å². The Bertz CT molecular complexity index is 509. The molecule has 0 radical (unpaired) electrons. The molecule has 0 aliphatic carbocycles. The van der Waals surface area contributed by atoms with Gasteiger partial charge in [0.15, 0.2) is 0 Å². The molecule has 1 aromatic heterocycles. The molecule has 0 unspecified atom stereocenters. The van der Waals surface area contributed by atoms with E-state index in [9.17, 15) is 9.18 Å². The van der Waals surface area contributed by atoms with Gasteiger partial charge in [-0.2, -0.15) is 5.10 Å².